The third-order valence-electron chi connectivity index (χ3n) is 1.99. The van der Waals surface area contributed by atoms with E-state index in [-0.39, 0.29) is 29.6 Å². The SMILES string of the molecule is CNC(=O)CCNS(=O)(=O)c1ccnc(N)c1. The number of carbonyl (C=O) groups excluding carboxylic acids is 1. The summed E-state index contributed by atoms with van der Waals surface area (Å²) in [6, 6.07) is 2.58. The Labute approximate surface area is 99.5 Å². The van der Waals surface area contributed by atoms with Crippen LogP contribution in [-0.2, 0) is 14.8 Å². The lowest BCUT2D eigenvalue weighted by atomic mass is 10.4. The minimum absolute atomic E-state index is 0.0295. The molecule has 0 aliphatic heterocycles. The maximum Gasteiger partial charge on any atom is 0.240 e. The molecule has 0 aromatic carbocycles. The summed E-state index contributed by atoms with van der Waals surface area (Å²) in [7, 11) is -2.15. The minimum Gasteiger partial charge on any atom is -0.384 e. The van der Waals surface area contributed by atoms with E-state index in [1.807, 2.05) is 0 Å². The molecule has 4 N–H and O–H groups in total. The topological polar surface area (TPSA) is 114 Å². The van der Waals surface area contributed by atoms with Crippen molar-refractivity contribution in [3.8, 4) is 0 Å². The molecule has 0 aliphatic rings. The maximum absolute atomic E-state index is 11.7. The number of pyridine rings is 1. The molecular formula is C9H14N4O3S. The third kappa shape index (κ3) is 4.00. The summed E-state index contributed by atoms with van der Waals surface area (Å²) in [6.45, 7) is 0.0320. The highest BCUT2D eigenvalue weighted by molar-refractivity contribution is 7.89. The van der Waals surface area contributed by atoms with Gasteiger partial charge in [-0.1, -0.05) is 0 Å². The van der Waals surface area contributed by atoms with Crippen LogP contribution in [0.2, 0.25) is 0 Å². The predicted octanol–water partition coefficient (Wildman–Crippen LogP) is -0.922. The molecule has 1 aromatic rings. The lowest BCUT2D eigenvalue weighted by Gasteiger charge is -2.06. The fourth-order valence-electron chi connectivity index (χ4n) is 1.10. The standard InChI is InChI=1S/C9H14N4O3S/c1-11-9(14)3-5-13-17(15,16)7-2-4-12-8(10)6-7/h2,4,6,13H,3,5H2,1H3,(H2,10,12)(H,11,14). The van der Waals surface area contributed by atoms with Crippen LogP contribution in [-0.4, -0.2) is 32.9 Å². The van der Waals surface area contributed by atoms with Crippen LogP contribution in [0.1, 0.15) is 6.42 Å². The Morgan fingerprint density at radius 1 is 1.53 bits per heavy atom. The number of aromatic nitrogens is 1. The van der Waals surface area contributed by atoms with Crippen LogP contribution in [0.5, 0.6) is 0 Å². The number of nitrogens with two attached hydrogens (primary N) is 1. The van der Waals surface area contributed by atoms with Crippen LogP contribution in [0.15, 0.2) is 23.2 Å². The second kappa shape index (κ2) is 5.60. The molecular weight excluding hydrogens is 244 g/mol. The Hall–Kier alpha value is -1.67. The molecule has 17 heavy (non-hydrogen) atoms. The van der Waals surface area contributed by atoms with Gasteiger partial charge in [-0.2, -0.15) is 0 Å². The summed E-state index contributed by atoms with van der Waals surface area (Å²) in [5, 5.41) is 2.40. The first-order valence-electron chi connectivity index (χ1n) is 4.87. The van der Waals surface area contributed by atoms with Crippen LogP contribution in [0.25, 0.3) is 0 Å². The Balaban J connectivity index is 2.66. The number of rotatable bonds is 5. The average molecular weight is 258 g/mol. The van der Waals surface area contributed by atoms with Crippen LogP contribution >= 0.6 is 0 Å². The number of amides is 1. The normalized spacial score (nSPS) is 11.1. The summed E-state index contributed by atoms with van der Waals surface area (Å²) in [6.07, 6.45) is 1.39. The highest BCUT2D eigenvalue weighted by Gasteiger charge is 2.14. The smallest absolute Gasteiger partial charge is 0.240 e. The number of anilines is 1. The number of hydrogen-bond donors (Lipinski definition) is 3. The number of sulfonamides is 1. The summed E-state index contributed by atoms with van der Waals surface area (Å²) in [5.74, 6) is -0.110. The Kier molecular flexibility index (Phi) is 4.41. The molecule has 8 heteroatoms. The summed E-state index contributed by atoms with van der Waals surface area (Å²) >= 11 is 0. The van der Waals surface area contributed by atoms with Crippen LogP contribution < -0.4 is 15.8 Å². The quantitative estimate of drug-likeness (QED) is 0.632. The molecule has 0 fully saturated rings. The molecule has 0 radical (unpaired) electrons. The second-order valence-corrected chi connectivity index (χ2v) is 5.00. The number of nitrogens with one attached hydrogen (secondary N) is 2. The van der Waals surface area contributed by atoms with E-state index in [4.69, 9.17) is 5.73 Å². The zero-order chi connectivity index (χ0) is 12.9. The van der Waals surface area contributed by atoms with E-state index in [9.17, 15) is 13.2 Å². The molecule has 1 rings (SSSR count). The van der Waals surface area contributed by atoms with Crippen molar-refractivity contribution in [2.75, 3.05) is 19.3 Å². The maximum atomic E-state index is 11.7. The van der Waals surface area contributed by atoms with Gasteiger partial charge in [-0.3, -0.25) is 4.79 Å². The van der Waals surface area contributed by atoms with Crippen molar-refractivity contribution in [3.63, 3.8) is 0 Å². The molecule has 0 aliphatic carbocycles. The first-order chi connectivity index (χ1) is 7.95. The van der Waals surface area contributed by atoms with Gasteiger partial charge in [0, 0.05) is 32.3 Å². The number of hydrogen-bond acceptors (Lipinski definition) is 5. The molecule has 0 atom stereocenters. The highest BCUT2D eigenvalue weighted by Crippen LogP contribution is 2.09. The predicted molar refractivity (Wildman–Crippen MR) is 62.5 cm³/mol. The van der Waals surface area contributed by atoms with Crippen molar-refractivity contribution in [2.45, 2.75) is 11.3 Å². The van der Waals surface area contributed by atoms with E-state index >= 15 is 0 Å². The lowest BCUT2D eigenvalue weighted by Crippen LogP contribution is -2.29. The van der Waals surface area contributed by atoms with E-state index < -0.39 is 10.0 Å². The molecule has 0 bridgehead atoms. The average Bonchev–Trinajstić information content (AvgIpc) is 2.28. The number of nitrogen functional groups attached to an aromatic ring is 1. The molecule has 7 nitrogen and oxygen atoms in total. The van der Waals surface area contributed by atoms with Gasteiger partial charge in [0.25, 0.3) is 0 Å². The van der Waals surface area contributed by atoms with E-state index in [2.05, 4.69) is 15.0 Å². The van der Waals surface area contributed by atoms with E-state index in [1.54, 1.807) is 0 Å². The highest BCUT2D eigenvalue weighted by atomic mass is 32.2. The van der Waals surface area contributed by atoms with Crippen molar-refractivity contribution in [1.29, 1.82) is 0 Å². The molecule has 0 saturated carbocycles. The first kappa shape index (κ1) is 13.4. The van der Waals surface area contributed by atoms with Crippen molar-refractivity contribution in [2.24, 2.45) is 0 Å². The van der Waals surface area contributed by atoms with Gasteiger partial charge in [-0.05, 0) is 6.07 Å². The van der Waals surface area contributed by atoms with E-state index in [0.29, 0.717) is 0 Å². The second-order valence-electron chi connectivity index (χ2n) is 3.24. The van der Waals surface area contributed by atoms with Gasteiger partial charge in [0.1, 0.15) is 5.82 Å². The fraction of sp³-hybridized carbons (Fsp3) is 0.333. The van der Waals surface area contributed by atoms with Gasteiger partial charge in [0.2, 0.25) is 15.9 Å². The number of nitrogens with zero attached hydrogens (tertiary/aromatic N) is 1. The lowest BCUT2D eigenvalue weighted by molar-refractivity contribution is -0.120. The molecule has 0 saturated heterocycles. The van der Waals surface area contributed by atoms with E-state index in [0.717, 1.165) is 0 Å². The summed E-state index contributed by atoms with van der Waals surface area (Å²) < 4.78 is 25.8. The van der Waals surface area contributed by atoms with Gasteiger partial charge in [0.15, 0.2) is 0 Å². The molecule has 1 amide bonds. The van der Waals surface area contributed by atoms with Crippen LogP contribution in [0.3, 0.4) is 0 Å². The van der Waals surface area contributed by atoms with Gasteiger partial charge >= 0.3 is 0 Å². The van der Waals surface area contributed by atoms with Gasteiger partial charge in [-0.25, -0.2) is 18.1 Å². The van der Waals surface area contributed by atoms with Gasteiger partial charge in [0.05, 0.1) is 4.90 Å². The zero-order valence-corrected chi connectivity index (χ0v) is 10.1. The molecule has 94 valence electrons. The molecule has 0 spiro atoms. The van der Waals surface area contributed by atoms with Crippen LogP contribution in [0.4, 0.5) is 5.82 Å². The molecule has 0 unspecified atom stereocenters. The summed E-state index contributed by atoms with van der Waals surface area (Å²) in [5.41, 5.74) is 5.39. The van der Waals surface area contributed by atoms with Crippen LogP contribution in [0, 0.1) is 0 Å². The molecule has 1 heterocycles. The summed E-state index contributed by atoms with van der Waals surface area (Å²) in [4.78, 5) is 14.6. The van der Waals surface area contributed by atoms with Crippen molar-refractivity contribution in [3.05, 3.63) is 18.3 Å². The molecule has 1 aromatic heterocycles. The van der Waals surface area contributed by atoms with Crippen molar-refractivity contribution < 1.29 is 13.2 Å². The van der Waals surface area contributed by atoms with Crippen molar-refractivity contribution >= 4 is 21.7 Å². The Morgan fingerprint density at radius 3 is 2.82 bits per heavy atom. The monoisotopic (exact) mass is 258 g/mol. The van der Waals surface area contributed by atoms with Gasteiger partial charge in [-0.15, -0.1) is 0 Å². The minimum atomic E-state index is -3.64. The fourth-order valence-corrected chi connectivity index (χ4v) is 2.16. The number of carbonyl (C=O) groups is 1. The Bertz CT molecular complexity index is 501. The Morgan fingerprint density at radius 2 is 2.24 bits per heavy atom. The largest absolute Gasteiger partial charge is 0.384 e. The first-order valence-corrected chi connectivity index (χ1v) is 6.36. The van der Waals surface area contributed by atoms with Gasteiger partial charge < -0.3 is 11.1 Å². The van der Waals surface area contributed by atoms with E-state index in [1.165, 1.54) is 25.4 Å². The zero-order valence-electron chi connectivity index (χ0n) is 9.30. The third-order valence-corrected chi connectivity index (χ3v) is 3.44. The van der Waals surface area contributed by atoms with Crippen molar-refractivity contribution in [1.82, 2.24) is 15.0 Å².